The average Bonchev–Trinajstić information content (AvgIpc) is 2.34. The van der Waals surface area contributed by atoms with Crippen LogP contribution < -0.4 is 11.4 Å². The van der Waals surface area contributed by atoms with Crippen LogP contribution in [-0.2, 0) is 4.74 Å². The predicted octanol–water partition coefficient (Wildman–Crippen LogP) is 0.768. The van der Waals surface area contributed by atoms with Gasteiger partial charge in [0.25, 0.3) is 0 Å². The minimum atomic E-state index is -0.440. The minimum absolute atomic E-state index is 0.0230. The van der Waals surface area contributed by atoms with Crippen molar-refractivity contribution >= 4 is 5.82 Å². The molecule has 0 saturated heterocycles. The fourth-order valence-corrected chi connectivity index (χ4v) is 1.77. The summed E-state index contributed by atoms with van der Waals surface area (Å²) in [7, 11) is 0. The first-order valence-electron chi connectivity index (χ1n) is 6.10. The quantitative estimate of drug-likeness (QED) is 0.783. The number of rotatable bonds is 6. The normalized spacial score (nSPS) is 16.2. The Bertz CT molecular complexity index is 433. The van der Waals surface area contributed by atoms with Crippen molar-refractivity contribution in [3.05, 3.63) is 22.7 Å². The Hall–Kier alpha value is -1.40. The molecule has 0 bridgehead atoms. The van der Waals surface area contributed by atoms with Crippen LogP contribution in [0.15, 0.2) is 17.1 Å². The van der Waals surface area contributed by atoms with Gasteiger partial charge in [-0.15, -0.1) is 0 Å². The molecule has 3 N–H and O–H groups in total. The van der Waals surface area contributed by atoms with Crippen molar-refractivity contribution < 1.29 is 9.84 Å². The van der Waals surface area contributed by atoms with E-state index in [0.717, 1.165) is 6.42 Å². The van der Waals surface area contributed by atoms with E-state index in [1.807, 2.05) is 13.8 Å². The highest BCUT2D eigenvalue weighted by molar-refractivity contribution is 5.23. The molecule has 3 atom stereocenters. The summed E-state index contributed by atoms with van der Waals surface area (Å²) < 4.78 is 7.16. The Morgan fingerprint density at radius 1 is 1.56 bits per heavy atom. The lowest BCUT2D eigenvalue weighted by molar-refractivity contribution is -0.0783. The highest BCUT2D eigenvalue weighted by Gasteiger charge is 2.19. The molecule has 0 amide bonds. The number of hydrogen-bond donors (Lipinski definition) is 2. The van der Waals surface area contributed by atoms with E-state index in [1.54, 1.807) is 19.2 Å². The first-order valence-corrected chi connectivity index (χ1v) is 6.10. The highest BCUT2D eigenvalue weighted by atomic mass is 16.5. The van der Waals surface area contributed by atoms with Crippen molar-refractivity contribution in [2.24, 2.45) is 5.92 Å². The second-order valence-electron chi connectivity index (χ2n) is 4.38. The summed E-state index contributed by atoms with van der Waals surface area (Å²) in [5, 5.41) is 9.13. The summed E-state index contributed by atoms with van der Waals surface area (Å²) >= 11 is 0. The largest absolute Gasteiger partial charge is 0.396 e. The Labute approximate surface area is 106 Å². The molecule has 0 aliphatic heterocycles. The SMILES string of the molecule is CCC(OC(C)n1ccc(N)nc1=O)C(C)CO. The molecule has 0 aliphatic carbocycles. The lowest BCUT2D eigenvalue weighted by atomic mass is 10.0. The van der Waals surface area contributed by atoms with Crippen molar-refractivity contribution in [1.82, 2.24) is 9.55 Å². The van der Waals surface area contributed by atoms with E-state index in [1.165, 1.54) is 4.57 Å². The number of hydrogen-bond acceptors (Lipinski definition) is 5. The number of nitrogens with two attached hydrogens (primary N) is 1. The van der Waals surface area contributed by atoms with Crippen LogP contribution in [0.4, 0.5) is 5.82 Å². The van der Waals surface area contributed by atoms with Crippen molar-refractivity contribution in [3.8, 4) is 0 Å². The standard InChI is InChI=1S/C12H21N3O3/c1-4-10(8(2)7-16)18-9(3)15-6-5-11(13)14-12(15)17/h5-6,8-10,16H,4,7H2,1-3H3,(H2,13,14,17). The molecule has 1 rings (SSSR count). The molecule has 6 nitrogen and oxygen atoms in total. The maximum atomic E-state index is 11.6. The van der Waals surface area contributed by atoms with Gasteiger partial charge in [0.15, 0.2) is 0 Å². The summed E-state index contributed by atoms with van der Waals surface area (Å²) in [6, 6.07) is 1.55. The maximum absolute atomic E-state index is 11.6. The van der Waals surface area contributed by atoms with Gasteiger partial charge in [0, 0.05) is 18.7 Å². The molecule has 102 valence electrons. The molecule has 1 aromatic heterocycles. The monoisotopic (exact) mass is 255 g/mol. The van der Waals surface area contributed by atoms with Gasteiger partial charge in [-0.25, -0.2) is 4.79 Å². The van der Waals surface area contributed by atoms with Crippen LogP contribution in [0.1, 0.15) is 33.4 Å². The van der Waals surface area contributed by atoms with Crippen molar-refractivity contribution in [3.63, 3.8) is 0 Å². The van der Waals surface area contributed by atoms with Gasteiger partial charge in [-0.3, -0.25) is 4.57 Å². The van der Waals surface area contributed by atoms with Gasteiger partial charge in [-0.1, -0.05) is 13.8 Å². The van der Waals surface area contributed by atoms with E-state index in [4.69, 9.17) is 15.6 Å². The number of aliphatic hydroxyl groups is 1. The molecule has 1 heterocycles. The second-order valence-corrected chi connectivity index (χ2v) is 4.38. The van der Waals surface area contributed by atoms with Crippen LogP contribution >= 0.6 is 0 Å². The first-order chi connectivity index (χ1) is 8.49. The van der Waals surface area contributed by atoms with Gasteiger partial charge in [-0.05, 0) is 19.4 Å². The van der Waals surface area contributed by atoms with Crippen molar-refractivity contribution in [2.75, 3.05) is 12.3 Å². The molecule has 0 spiro atoms. The molecule has 18 heavy (non-hydrogen) atoms. The maximum Gasteiger partial charge on any atom is 0.351 e. The van der Waals surface area contributed by atoms with Crippen LogP contribution in [0.3, 0.4) is 0 Å². The zero-order valence-corrected chi connectivity index (χ0v) is 11.0. The summed E-state index contributed by atoms with van der Waals surface area (Å²) in [5.74, 6) is 0.217. The summed E-state index contributed by atoms with van der Waals surface area (Å²) in [4.78, 5) is 15.3. The summed E-state index contributed by atoms with van der Waals surface area (Å²) in [6.45, 7) is 5.71. The second kappa shape index (κ2) is 6.51. The zero-order chi connectivity index (χ0) is 13.7. The molecule has 1 aromatic rings. The van der Waals surface area contributed by atoms with Crippen molar-refractivity contribution in [1.29, 1.82) is 0 Å². The number of aromatic nitrogens is 2. The number of nitrogen functional groups attached to an aromatic ring is 1. The predicted molar refractivity (Wildman–Crippen MR) is 69.0 cm³/mol. The van der Waals surface area contributed by atoms with E-state index in [-0.39, 0.29) is 24.4 Å². The highest BCUT2D eigenvalue weighted by Crippen LogP contribution is 2.17. The molecule has 0 radical (unpaired) electrons. The van der Waals surface area contributed by atoms with Gasteiger partial charge in [0.1, 0.15) is 12.0 Å². The molecular formula is C12H21N3O3. The van der Waals surface area contributed by atoms with Gasteiger partial charge in [0.2, 0.25) is 0 Å². The van der Waals surface area contributed by atoms with Crippen LogP contribution in [-0.4, -0.2) is 27.4 Å². The molecule has 0 aromatic carbocycles. The molecule has 6 heteroatoms. The van der Waals surface area contributed by atoms with E-state index < -0.39 is 11.9 Å². The van der Waals surface area contributed by atoms with Gasteiger partial charge in [-0.2, -0.15) is 4.98 Å². The van der Waals surface area contributed by atoms with Crippen LogP contribution in [0.5, 0.6) is 0 Å². The fourth-order valence-electron chi connectivity index (χ4n) is 1.77. The average molecular weight is 255 g/mol. The van der Waals surface area contributed by atoms with Gasteiger partial charge >= 0.3 is 5.69 Å². The van der Waals surface area contributed by atoms with Crippen LogP contribution in [0.25, 0.3) is 0 Å². The number of anilines is 1. The third kappa shape index (κ3) is 3.54. The van der Waals surface area contributed by atoms with Crippen LogP contribution in [0, 0.1) is 5.92 Å². The lowest BCUT2D eigenvalue weighted by Gasteiger charge is -2.26. The number of nitrogens with zero attached hydrogens (tertiary/aromatic N) is 2. The fraction of sp³-hybridized carbons (Fsp3) is 0.667. The summed E-state index contributed by atoms with van der Waals surface area (Å²) in [6.07, 6.45) is 1.79. The van der Waals surface area contributed by atoms with E-state index >= 15 is 0 Å². The van der Waals surface area contributed by atoms with E-state index in [2.05, 4.69) is 4.98 Å². The molecule has 0 saturated carbocycles. The molecule has 3 unspecified atom stereocenters. The summed E-state index contributed by atoms with van der Waals surface area (Å²) in [5.41, 5.74) is 4.99. The van der Waals surface area contributed by atoms with E-state index in [9.17, 15) is 4.79 Å². The van der Waals surface area contributed by atoms with Gasteiger partial charge < -0.3 is 15.6 Å². The smallest absolute Gasteiger partial charge is 0.351 e. The lowest BCUT2D eigenvalue weighted by Crippen LogP contribution is -2.32. The topological polar surface area (TPSA) is 90.4 Å². The number of ether oxygens (including phenoxy) is 1. The third-order valence-electron chi connectivity index (χ3n) is 2.94. The van der Waals surface area contributed by atoms with E-state index in [0.29, 0.717) is 0 Å². The Morgan fingerprint density at radius 3 is 2.72 bits per heavy atom. The van der Waals surface area contributed by atoms with Crippen LogP contribution in [0.2, 0.25) is 0 Å². The van der Waals surface area contributed by atoms with Crippen molar-refractivity contribution in [2.45, 2.75) is 39.5 Å². The number of aliphatic hydroxyl groups excluding tert-OH is 1. The van der Waals surface area contributed by atoms with Gasteiger partial charge in [0.05, 0.1) is 6.10 Å². The Balaban J connectivity index is 2.81. The first kappa shape index (κ1) is 14.7. The zero-order valence-electron chi connectivity index (χ0n) is 11.0. The Kier molecular flexibility index (Phi) is 5.30. The molecular weight excluding hydrogens is 234 g/mol. The third-order valence-corrected chi connectivity index (χ3v) is 2.94. The Morgan fingerprint density at radius 2 is 2.22 bits per heavy atom. The molecule has 0 aliphatic rings. The minimum Gasteiger partial charge on any atom is -0.396 e. The molecule has 0 fully saturated rings.